The zero-order valence-electron chi connectivity index (χ0n) is 19.2. The highest BCUT2D eigenvalue weighted by molar-refractivity contribution is 7.92. The number of sulfonamides is 1. The molecular weight excluding hydrogens is 438 g/mol. The van der Waals surface area contributed by atoms with E-state index in [9.17, 15) is 8.42 Å². The van der Waals surface area contributed by atoms with E-state index < -0.39 is 10.0 Å². The molecule has 1 saturated carbocycles. The molecule has 2 atom stereocenters. The zero-order chi connectivity index (χ0) is 23.1. The molecular formula is C25H31N3O4S. The fourth-order valence-corrected chi connectivity index (χ4v) is 6.29. The topological polar surface area (TPSA) is 80.2 Å². The van der Waals surface area contributed by atoms with Gasteiger partial charge in [0.2, 0.25) is 15.9 Å². The highest BCUT2D eigenvalue weighted by atomic mass is 32.2. The van der Waals surface area contributed by atoms with Crippen molar-refractivity contribution >= 4 is 21.6 Å². The summed E-state index contributed by atoms with van der Waals surface area (Å²) in [5.74, 6) is 2.81. The fraction of sp³-hybridized carbons (Fsp3) is 0.480. The van der Waals surface area contributed by atoms with Gasteiger partial charge in [-0.2, -0.15) is 0 Å². The molecule has 0 bridgehead atoms. The van der Waals surface area contributed by atoms with Crippen LogP contribution in [0.15, 0.2) is 53.5 Å². The number of ether oxygens (including phenoxy) is 2. The Morgan fingerprint density at radius 1 is 1.18 bits per heavy atom. The molecule has 176 valence electrons. The highest BCUT2D eigenvalue weighted by Gasteiger charge is 2.67. The van der Waals surface area contributed by atoms with Crippen LogP contribution >= 0.6 is 0 Å². The van der Waals surface area contributed by atoms with E-state index in [1.807, 2.05) is 42.5 Å². The van der Waals surface area contributed by atoms with Crippen LogP contribution in [0.1, 0.15) is 24.5 Å². The van der Waals surface area contributed by atoms with Crippen molar-refractivity contribution in [2.75, 3.05) is 50.4 Å². The maximum absolute atomic E-state index is 11.6. The van der Waals surface area contributed by atoms with Gasteiger partial charge in [0, 0.05) is 36.3 Å². The molecule has 1 saturated heterocycles. The minimum Gasteiger partial charge on any atom is -0.492 e. The summed E-state index contributed by atoms with van der Waals surface area (Å²) in [5.41, 5.74) is 3.05. The lowest BCUT2D eigenvalue weighted by Crippen LogP contribution is -2.33. The molecule has 0 spiro atoms. The van der Waals surface area contributed by atoms with E-state index in [0.29, 0.717) is 30.7 Å². The summed E-state index contributed by atoms with van der Waals surface area (Å²) in [4.78, 5) is 6.82. The molecule has 7 nitrogen and oxygen atoms in total. The van der Waals surface area contributed by atoms with Gasteiger partial charge >= 0.3 is 0 Å². The maximum Gasteiger partial charge on any atom is 0.229 e. The Morgan fingerprint density at radius 2 is 1.94 bits per heavy atom. The second-order valence-electron chi connectivity index (χ2n) is 9.23. The second kappa shape index (κ2) is 8.65. The van der Waals surface area contributed by atoms with Gasteiger partial charge in [0.1, 0.15) is 19.0 Å². The van der Waals surface area contributed by atoms with Gasteiger partial charge in [-0.25, -0.2) is 13.4 Å². The van der Waals surface area contributed by atoms with Crippen LogP contribution in [0.4, 0.5) is 5.69 Å². The molecule has 2 aliphatic heterocycles. The number of hydrogen-bond donors (Lipinski definition) is 1. The van der Waals surface area contributed by atoms with Gasteiger partial charge in [0.25, 0.3) is 0 Å². The van der Waals surface area contributed by atoms with Crippen LogP contribution in [0.2, 0.25) is 0 Å². The predicted molar refractivity (Wildman–Crippen MR) is 130 cm³/mol. The molecule has 2 unspecified atom stereocenters. The van der Waals surface area contributed by atoms with Gasteiger partial charge in [-0.05, 0) is 60.2 Å². The van der Waals surface area contributed by atoms with Crippen molar-refractivity contribution in [1.29, 1.82) is 0 Å². The second-order valence-corrected chi connectivity index (χ2v) is 11.0. The Balaban J connectivity index is 1.14. The van der Waals surface area contributed by atoms with Gasteiger partial charge in [0.15, 0.2) is 0 Å². The fourth-order valence-electron chi connectivity index (χ4n) is 5.74. The van der Waals surface area contributed by atoms with E-state index >= 15 is 0 Å². The van der Waals surface area contributed by atoms with Crippen LogP contribution in [0.25, 0.3) is 0 Å². The molecule has 0 radical (unpaired) electrons. The number of benzene rings is 2. The van der Waals surface area contributed by atoms with Crippen LogP contribution in [0, 0.1) is 11.8 Å². The SMILES string of the molecule is CCC1(c2cccc(NS(C)(=O)=O)c2)C2CN(CCOc3ccc(C4=NCCO4)cc3)CC21. The molecule has 2 aromatic rings. The van der Waals surface area contributed by atoms with Gasteiger partial charge in [0.05, 0.1) is 12.8 Å². The van der Waals surface area contributed by atoms with Crippen LogP contribution in [0.5, 0.6) is 5.75 Å². The van der Waals surface area contributed by atoms with Crippen molar-refractivity contribution in [2.24, 2.45) is 16.8 Å². The third-order valence-electron chi connectivity index (χ3n) is 7.26. The normalized spacial score (nSPS) is 26.4. The first kappa shape index (κ1) is 22.2. The number of piperidine rings is 1. The van der Waals surface area contributed by atoms with Crippen LogP contribution in [-0.4, -0.2) is 64.9 Å². The van der Waals surface area contributed by atoms with Gasteiger partial charge < -0.3 is 9.47 Å². The molecule has 1 aliphatic carbocycles. The number of nitrogens with one attached hydrogen (secondary N) is 1. The molecule has 2 aromatic carbocycles. The van der Waals surface area contributed by atoms with E-state index in [1.165, 1.54) is 11.8 Å². The number of likely N-dealkylation sites (tertiary alicyclic amines) is 1. The summed E-state index contributed by atoms with van der Waals surface area (Å²) in [7, 11) is -3.28. The van der Waals surface area contributed by atoms with E-state index in [4.69, 9.17) is 9.47 Å². The Bertz CT molecular complexity index is 1130. The third-order valence-corrected chi connectivity index (χ3v) is 7.87. The van der Waals surface area contributed by atoms with E-state index in [2.05, 4.69) is 27.6 Å². The molecule has 5 rings (SSSR count). The van der Waals surface area contributed by atoms with Gasteiger partial charge in [-0.3, -0.25) is 9.62 Å². The van der Waals surface area contributed by atoms with Gasteiger partial charge in [-0.1, -0.05) is 19.1 Å². The van der Waals surface area contributed by atoms with Crippen LogP contribution in [-0.2, 0) is 20.2 Å². The molecule has 3 aliphatic rings. The first-order valence-electron chi connectivity index (χ1n) is 11.6. The molecule has 0 aromatic heterocycles. The molecule has 33 heavy (non-hydrogen) atoms. The zero-order valence-corrected chi connectivity index (χ0v) is 20.0. The van der Waals surface area contributed by atoms with Crippen molar-refractivity contribution in [3.05, 3.63) is 59.7 Å². The van der Waals surface area contributed by atoms with Crippen molar-refractivity contribution in [2.45, 2.75) is 18.8 Å². The third kappa shape index (κ3) is 4.46. The van der Waals surface area contributed by atoms with Crippen molar-refractivity contribution in [3.63, 3.8) is 0 Å². The van der Waals surface area contributed by atoms with Crippen LogP contribution < -0.4 is 9.46 Å². The largest absolute Gasteiger partial charge is 0.492 e. The Labute approximate surface area is 195 Å². The smallest absolute Gasteiger partial charge is 0.229 e. The number of anilines is 1. The Morgan fingerprint density at radius 3 is 2.58 bits per heavy atom. The summed E-state index contributed by atoms with van der Waals surface area (Å²) in [6, 6.07) is 15.9. The molecule has 2 heterocycles. The Kier molecular flexibility index (Phi) is 5.82. The predicted octanol–water partition coefficient (Wildman–Crippen LogP) is 3.12. The van der Waals surface area contributed by atoms with Gasteiger partial charge in [-0.15, -0.1) is 0 Å². The number of fused-ring (bicyclic) bond motifs is 1. The summed E-state index contributed by atoms with van der Waals surface area (Å²) in [6.07, 6.45) is 2.25. The number of hydrogen-bond acceptors (Lipinski definition) is 6. The lowest BCUT2D eigenvalue weighted by atomic mass is 9.87. The van der Waals surface area contributed by atoms with Crippen molar-refractivity contribution in [3.8, 4) is 5.75 Å². The number of aliphatic imine (C=N–C) groups is 1. The lowest BCUT2D eigenvalue weighted by Gasteiger charge is -2.26. The number of rotatable bonds is 9. The Hall–Kier alpha value is -2.58. The number of nitrogens with zero attached hydrogens (tertiary/aromatic N) is 2. The summed E-state index contributed by atoms with van der Waals surface area (Å²) in [5, 5.41) is 0. The molecule has 8 heteroatoms. The molecule has 2 fully saturated rings. The molecule has 1 N–H and O–H groups in total. The minimum absolute atomic E-state index is 0.160. The van der Waals surface area contributed by atoms with E-state index in [-0.39, 0.29) is 5.41 Å². The summed E-state index contributed by atoms with van der Waals surface area (Å²) < 4.78 is 37.3. The monoisotopic (exact) mass is 469 g/mol. The van der Waals surface area contributed by atoms with Crippen molar-refractivity contribution in [1.82, 2.24) is 4.90 Å². The standard InChI is InChI=1S/C25H31N3O4S/c1-3-25(19-5-4-6-20(15-19)27-33(2,29)30)22-16-28(17-23(22)25)12-14-31-21-9-7-18(8-10-21)24-26-11-13-32-24/h4-10,15,22-23,27H,3,11-14,16-17H2,1-2H3. The lowest BCUT2D eigenvalue weighted by molar-refractivity contribution is 0.209. The quantitative estimate of drug-likeness (QED) is 0.610. The summed E-state index contributed by atoms with van der Waals surface area (Å²) >= 11 is 0. The molecule has 0 amide bonds. The minimum atomic E-state index is -3.28. The maximum atomic E-state index is 11.6. The first-order valence-corrected chi connectivity index (χ1v) is 13.5. The van der Waals surface area contributed by atoms with Crippen molar-refractivity contribution < 1.29 is 17.9 Å². The first-order chi connectivity index (χ1) is 15.9. The summed E-state index contributed by atoms with van der Waals surface area (Å²) in [6.45, 7) is 7.31. The van der Waals surface area contributed by atoms with E-state index in [0.717, 1.165) is 49.8 Å². The van der Waals surface area contributed by atoms with E-state index in [1.54, 1.807) is 0 Å². The highest BCUT2D eigenvalue weighted by Crippen LogP contribution is 2.65. The average Bonchev–Trinajstić information content (AvgIpc) is 3.18. The van der Waals surface area contributed by atoms with Crippen LogP contribution in [0.3, 0.4) is 0 Å². The average molecular weight is 470 g/mol.